The van der Waals surface area contributed by atoms with Crippen molar-refractivity contribution in [2.75, 3.05) is 16.0 Å². The number of non-ortho nitro benzene ring substituents is 1. The van der Waals surface area contributed by atoms with E-state index in [9.17, 15) is 19.7 Å². The molecule has 0 spiro atoms. The molecule has 0 aliphatic carbocycles. The minimum atomic E-state index is -0.824. The van der Waals surface area contributed by atoms with Gasteiger partial charge in [-0.1, -0.05) is 42.5 Å². The highest BCUT2D eigenvalue weighted by Gasteiger charge is 2.36. The van der Waals surface area contributed by atoms with Gasteiger partial charge < -0.3 is 16.0 Å². The van der Waals surface area contributed by atoms with Gasteiger partial charge in [0.05, 0.1) is 16.7 Å². The van der Waals surface area contributed by atoms with Crippen molar-refractivity contribution in [1.82, 2.24) is 9.78 Å². The van der Waals surface area contributed by atoms with E-state index in [-0.39, 0.29) is 17.2 Å². The molecule has 10 heteroatoms. The molecule has 1 aliphatic heterocycles. The molecule has 2 amide bonds. The normalized spacial score (nSPS) is 14.3. The van der Waals surface area contributed by atoms with Crippen LogP contribution in [0.5, 0.6) is 0 Å². The van der Waals surface area contributed by atoms with Gasteiger partial charge in [-0.05, 0) is 49.2 Å². The van der Waals surface area contributed by atoms with Gasteiger partial charge in [-0.2, -0.15) is 5.10 Å². The van der Waals surface area contributed by atoms with Crippen molar-refractivity contribution in [1.29, 1.82) is 0 Å². The minimum Gasteiger partial charge on any atom is -0.343 e. The molecule has 0 saturated carbocycles. The molecule has 1 atom stereocenters. The largest absolute Gasteiger partial charge is 0.343 e. The Morgan fingerprint density at radius 2 is 1.63 bits per heavy atom. The van der Waals surface area contributed by atoms with E-state index in [1.165, 1.54) is 23.0 Å². The van der Waals surface area contributed by atoms with Crippen LogP contribution in [-0.4, -0.2) is 26.5 Å². The molecule has 0 saturated heterocycles. The molecule has 0 fully saturated rings. The fourth-order valence-corrected chi connectivity index (χ4v) is 4.47. The lowest BCUT2D eigenvalue weighted by Crippen LogP contribution is -2.32. The lowest BCUT2D eigenvalue weighted by atomic mass is 9.94. The van der Waals surface area contributed by atoms with E-state index in [2.05, 4.69) is 21.0 Å². The lowest BCUT2D eigenvalue weighted by molar-refractivity contribution is -0.384. The number of fused-ring (bicyclic) bond motifs is 1. The maximum Gasteiger partial charge on any atom is 0.269 e. The third kappa shape index (κ3) is 4.74. The molecule has 3 aromatic carbocycles. The van der Waals surface area contributed by atoms with Crippen LogP contribution in [0.1, 0.15) is 34.5 Å². The van der Waals surface area contributed by atoms with Crippen LogP contribution in [0, 0.1) is 17.0 Å². The van der Waals surface area contributed by atoms with Crippen molar-refractivity contribution in [2.24, 2.45) is 0 Å². The van der Waals surface area contributed by atoms with Gasteiger partial charge >= 0.3 is 0 Å². The first-order chi connectivity index (χ1) is 18.3. The monoisotopic (exact) mass is 508 g/mol. The number of amides is 2. The minimum absolute atomic E-state index is 0.118. The lowest BCUT2D eigenvalue weighted by Gasteiger charge is -2.30. The second-order valence-corrected chi connectivity index (χ2v) is 8.91. The molecule has 2 heterocycles. The van der Waals surface area contributed by atoms with Crippen molar-refractivity contribution >= 4 is 34.7 Å². The summed E-state index contributed by atoms with van der Waals surface area (Å²) in [6, 6.07) is 21.6. The fraction of sp³-hybridized carbons (Fsp3) is 0.107. The molecule has 4 aromatic rings. The topological polar surface area (TPSA) is 131 Å². The number of anilines is 3. The van der Waals surface area contributed by atoms with E-state index in [1.54, 1.807) is 49.4 Å². The Balaban J connectivity index is 1.57. The smallest absolute Gasteiger partial charge is 0.269 e. The number of nitro groups is 1. The van der Waals surface area contributed by atoms with Gasteiger partial charge in [-0.3, -0.25) is 19.7 Å². The first-order valence-corrected chi connectivity index (χ1v) is 11.9. The number of allylic oxidation sites excluding steroid dienone is 1. The van der Waals surface area contributed by atoms with Gasteiger partial charge in [0.25, 0.3) is 17.5 Å². The quantitative estimate of drug-likeness (QED) is 0.240. The van der Waals surface area contributed by atoms with Crippen LogP contribution in [0.25, 0.3) is 0 Å². The van der Waals surface area contributed by atoms with E-state index in [0.29, 0.717) is 34.0 Å². The molecule has 1 aliphatic rings. The Bertz CT molecular complexity index is 1590. The van der Waals surface area contributed by atoms with Gasteiger partial charge in [0.1, 0.15) is 17.4 Å². The van der Waals surface area contributed by atoms with Crippen LogP contribution in [0.4, 0.5) is 22.9 Å². The summed E-state index contributed by atoms with van der Waals surface area (Å²) < 4.78 is 1.51. The van der Waals surface area contributed by atoms with E-state index in [0.717, 1.165) is 5.56 Å². The summed E-state index contributed by atoms with van der Waals surface area (Å²) >= 11 is 0. The third-order valence-corrected chi connectivity index (χ3v) is 6.22. The van der Waals surface area contributed by atoms with Crippen molar-refractivity contribution in [2.45, 2.75) is 19.9 Å². The number of hydrogen-bond donors (Lipinski definition) is 3. The summed E-state index contributed by atoms with van der Waals surface area (Å²) in [6.07, 6.45) is 1.42. The van der Waals surface area contributed by atoms with Gasteiger partial charge in [-0.25, -0.2) is 4.68 Å². The number of nitro benzene ring substituents is 1. The van der Waals surface area contributed by atoms with Crippen molar-refractivity contribution in [3.05, 3.63) is 123 Å². The number of carbonyl (C=O) groups is 2. The molecular weight excluding hydrogens is 484 g/mol. The zero-order valence-electron chi connectivity index (χ0n) is 20.6. The Morgan fingerprint density at radius 1 is 0.921 bits per heavy atom. The second-order valence-electron chi connectivity index (χ2n) is 8.91. The number of nitrogens with one attached hydrogen (secondary N) is 3. The Morgan fingerprint density at radius 3 is 2.37 bits per heavy atom. The molecule has 0 radical (unpaired) electrons. The number of hydrogen-bond acceptors (Lipinski definition) is 6. The number of nitrogens with zero attached hydrogens (tertiary/aromatic N) is 3. The van der Waals surface area contributed by atoms with E-state index >= 15 is 0 Å². The van der Waals surface area contributed by atoms with Crippen LogP contribution in [0.2, 0.25) is 0 Å². The maximum absolute atomic E-state index is 13.5. The SMILES string of the molecule is CC1=C(C(=O)Nc2ccccc2)[C@@H](c2cccc([N+](=O)[O-])c2)n2ncc(C(=O)Nc3cccc(C)c3)c2N1. The highest BCUT2D eigenvalue weighted by Crippen LogP contribution is 2.38. The first-order valence-electron chi connectivity index (χ1n) is 11.9. The molecule has 10 nitrogen and oxygen atoms in total. The molecule has 38 heavy (non-hydrogen) atoms. The number of benzene rings is 3. The van der Waals surface area contributed by atoms with Crippen LogP contribution in [0.15, 0.2) is 96.3 Å². The molecule has 0 bridgehead atoms. The van der Waals surface area contributed by atoms with Gasteiger partial charge in [0.2, 0.25) is 0 Å². The standard InChI is InChI=1S/C28H24N6O4/c1-17-8-6-12-21(14-17)32-27(35)23-16-29-33-25(19-9-7-13-22(15-19)34(37)38)24(18(2)30-26(23)33)28(36)31-20-10-4-3-5-11-20/h3-16,25,30H,1-2H3,(H,31,36)(H,32,35)/t25-/m1/s1. The van der Waals surface area contributed by atoms with Gasteiger partial charge in [0.15, 0.2) is 0 Å². The Labute approximate surface area is 218 Å². The summed E-state index contributed by atoms with van der Waals surface area (Å²) in [4.78, 5) is 37.8. The molecule has 3 N–H and O–H groups in total. The summed E-state index contributed by atoms with van der Waals surface area (Å²) in [5.74, 6) is -0.405. The maximum atomic E-state index is 13.5. The number of para-hydroxylation sites is 1. The number of aromatic nitrogens is 2. The average molecular weight is 509 g/mol. The van der Waals surface area contributed by atoms with Crippen LogP contribution in [-0.2, 0) is 4.79 Å². The zero-order valence-corrected chi connectivity index (χ0v) is 20.6. The number of aryl methyl sites for hydroxylation is 1. The predicted molar refractivity (Wildman–Crippen MR) is 144 cm³/mol. The van der Waals surface area contributed by atoms with Gasteiger partial charge in [0, 0.05) is 29.2 Å². The van der Waals surface area contributed by atoms with Crippen LogP contribution >= 0.6 is 0 Å². The van der Waals surface area contributed by atoms with Crippen molar-refractivity contribution in [3.63, 3.8) is 0 Å². The zero-order chi connectivity index (χ0) is 26.8. The molecule has 1 aromatic heterocycles. The van der Waals surface area contributed by atoms with Gasteiger partial charge in [-0.15, -0.1) is 0 Å². The fourth-order valence-electron chi connectivity index (χ4n) is 4.47. The highest BCUT2D eigenvalue weighted by molar-refractivity contribution is 6.09. The molecule has 5 rings (SSSR count). The predicted octanol–water partition coefficient (Wildman–Crippen LogP) is 5.28. The summed E-state index contributed by atoms with van der Waals surface area (Å²) in [6.45, 7) is 3.65. The van der Waals surface area contributed by atoms with Crippen molar-refractivity contribution in [3.8, 4) is 0 Å². The average Bonchev–Trinajstić information content (AvgIpc) is 3.32. The third-order valence-electron chi connectivity index (χ3n) is 6.22. The second kappa shape index (κ2) is 10.0. The van der Waals surface area contributed by atoms with E-state index < -0.39 is 16.9 Å². The molecule has 190 valence electrons. The number of rotatable bonds is 6. The first kappa shape index (κ1) is 24.4. The van der Waals surface area contributed by atoms with Crippen LogP contribution in [0.3, 0.4) is 0 Å². The summed E-state index contributed by atoms with van der Waals surface area (Å²) in [5.41, 5.74) is 3.67. The Hall–Kier alpha value is -5.25. The van der Waals surface area contributed by atoms with E-state index in [1.807, 2.05) is 31.2 Å². The summed E-state index contributed by atoms with van der Waals surface area (Å²) in [5, 5.41) is 24.9. The highest BCUT2D eigenvalue weighted by atomic mass is 16.6. The molecular formula is C28H24N6O4. The number of carbonyl (C=O) groups excluding carboxylic acids is 2. The van der Waals surface area contributed by atoms with E-state index in [4.69, 9.17) is 0 Å². The summed E-state index contributed by atoms with van der Waals surface area (Å²) in [7, 11) is 0. The Kier molecular flexibility index (Phi) is 6.44. The van der Waals surface area contributed by atoms with Crippen molar-refractivity contribution < 1.29 is 14.5 Å². The molecule has 0 unspecified atom stereocenters. The van der Waals surface area contributed by atoms with Crippen LogP contribution < -0.4 is 16.0 Å².